The lowest BCUT2D eigenvalue weighted by atomic mass is 10.2. The van der Waals surface area contributed by atoms with E-state index < -0.39 is 10.1 Å². The van der Waals surface area contributed by atoms with Gasteiger partial charge < -0.3 is 8.92 Å². The summed E-state index contributed by atoms with van der Waals surface area (Å²) in [5.41, 5.74) is 3.82. The fourth-order valence-electron chi connectivity index (χ4n) is 1.90. The number of ether oxygens (including phenoxy) is 1. The summed E-state index contributed by atoms with van der Waals surface area (Å²) < 4.78 is 35.1. The van der Waals surface area contributed by atoms with Crippen LogP contribution in [0.5, 0.6) is 11.5 Å². The van der Waals surface area contributed by atoms with Crippen LogP contribution in [0.25, 0.3) is 0 Å². The van der Waals surface area contributed by atoms with E-state index in [1.54, 1.807) is 24.3 Å². The molecule has 0 aromatic heterocycles. The van der Waals surface area contributed by atoms with E-state index in [2.05, 4.69) is 10.5 Å². The second-order valence-electron chi connectivity index (χ2n) is 5.19. The molecule has 0 aliphatic carbocycles. The lowest BCUT2D eigenvalue weighted by molar-refractivity contribution is -0.118. The number of hydrogen-bond donors (Lipinski definition) is 1. The quantitative estimate of drug-likeness (QED) is 0.483. The van der Waals surface area contributed by atoms with Crippen molar-refractivity contribution in [3.8, 4) is 11.5 Å². The average Bonchev–Trinajstić information content (AvgIpc) is 2.56. The Morgan fingerprint density at radius 3 is 2.40 bits per heavy atom. The lowest BCUT2D eigenvalue weighted by Crippen LogP contribution is -2.12. The van der Waals surface area contributed by atoms with Gasteiger partial charge in [-0.25, -0.2) is 5.43 Å². The second kappa shape index (κ2) is 7.80. The SMILES string of the molecule is COc1cc(/C=N\NC(C)=O)ccc1OS(=O)(=O)c1ccc(C)cc1. The molecule has 1 amide bonds. The monoisotopic (exact) mass is 362 g/mol. The van der Waals surface area contributed by atoms with Gasteiger partial charge in [0.05, 0.1) is 13.3 Å². The largest absolute Gasteiger partial charge is 0.493 e. The Labute approximate surface area is 146 Å². The first-order valence-electron chi connectivity index (χ1n) is 7.30. The topological polar surface area (TPSA) is 94.1 Å². The van der Waals surface area contributed by atoms with Crippen molar-refractivity contribution >= 4 is 22.2 Å². The van der Waals surface area contributed by atoms with Crippen molar-refractivity contribution in [2.45, 2.75) is 18.7 Å². The van der Waals surface area contributed by atoms with Gasteiger partial charge in [0.25, 0.3) is 0 Å². The van der Waals surface area contributed by atoms with Gasteiger partial charge in [0.2, 0.25) is 5.91 Å². The number of hydrazone groups is 1. The van der Waals surface area contributed by atoms with Crippen molar-refractivity contribution in [3.63, 3.8) is 0 Å². The molecule has 0 radical (unpaired) electrons. The van der Waals surface area contributed by atoms with Crippen molar-refractivity contribution in [2.75, 3.05) is 7.11 Å². The van der Waals surface area contributed by atoms with E-state index in [9.17, 15) is 13.2 Å². The Bertz CT molecular complexity index is 890. The third-order valence-corrected chi connectivity index (χ3v) is 4.38. The highest BCUT2D eigenvalue weighted by Gasteiger charge is 2.19. The summed E-state index contributed by atoms with van der Waals surface area (Å²) in [6.07, 6.45) is 1.40. The zero-order valence-corrected chi connectivity index (χ0v) is 14.8. The Morgan fingerprint density at radius 2 is 1.80 bits per heavy atom. The number of hydrogen-bond acceptors (Lipinski definition) is 6. The Kier molecular flexibility index (Phi) is 5.76. The van der Waals surface area contributed by atoms with Gasteiger partial charge >= 0.3 is 10.1 Å². The average molecular weight is 362 g/mol. The maximum Gasteiger partial charge on any atom is 0.339 e. The summed E-state index contributed by atoms with van der Waals surface area (Å²) in [6, 6.07) is 10.9. The lowest BCUT2D eigenvalue weighted by Gasteiger charge is -2.11. The van der Waals surface area contributed by atoms with Gasteiger partial charge in [-0.15, -0.1) is 0 Å². The zero-order valence-electron chi connectivity index (χ0n) is 14.0. The van der Waals surface area contributed by atoms with Crippen molar-refractivity contribution in [2.24, 2.45) is 5.10 Å². The number of nitrogens with one attached hydrogen (secondary N) is 1. The third-order valence-electron chi connectivity index (χ3n) is 3.13. The normalized spacial score (nSPS) is 11.3. The first-order chi connectivity index (χ1) is 11.8. The summed E-state index contributed by atoms with van der Waals surface area (Å²) in [5, 5.41) is 3.74. The molecule has 2 rings (SSSR count). The van der Waals surface area contributed by atoms with Gasteiger partial charge in [-0.2, -0.15) is 13.5 Å². The molecule has 2 aromatic carbocycles. The number of benzene rings is 2. The van der Waals surface area contributed by atoms with E-state index in [0.717, 1.165) is 5.56 Å². The van der Waals surface area contributed by atoms with Crippen molar-refractivity contribution < 1.29 is 22.1 Å². The number of rotatable bonds is 6. The number of amides is 1. The molecule has 7 nitrogen and oxygen atoms in total. The van der Waals surface area contributed by atoms with Crippen LogP contribution in [0.4, 0.5) is 0 Å². The highest BCUT2D eigenvalue weighted by Crippen LogP contribution is 2.30. The Balaban J connectivity index is 2.25. The summed E-state index contributed by atoms with van der Waals surface area (Å²) in [5.74, 6) is -0.0189. The highest BCUT2D eigenvalue weighted by molar-refractivity contribution is 7.87. The molecule has 1 N–H and O–H groups in total. The van der Waals surface area contributed by atoms with Crippen molar-refractivity contribution in [3.05, 3.63) is 53.6 Å². The maximum absolute atomic E-state index is 12.4. The number of methoxy groups -OCH3 is 1. The molecule has 0 bridgehead atoms. The molecule has 2 aromatic rings. The summed E-state index contributed by atoms with van der Waals surface area (Å²) in [4.78, 5) is 10.8. The van der Waals surface area contributed by atoms with Crippen LogP contribution in [0.15, 0.2) is 52.5 Å². The molecule has 0 aliphatic heterocycles. The molecule has 132 valence electrons. The highest BCUT2D eigenvalue weighted by atomic mass is 32.2. The van der Waals surface area contributed by atoms with Gasteiger partial charge in [-0.05, 0) is 42.8 Å². The van der Waals surface area contributed by atoms with Crippen molar-refractivity contribution in [1.82, 2.24) is 5.43 Å². The van der Waals surface area contributed by atoms with E-state index in [4.69, 9.17) is 8.92 Å². The van der Waals surface area contributed by atoms with E-state index in [0.29, 0.717) is 5.56 Å². The summed E-state index contributed by atoms with van der Waals surface area (Å²) in [7, 11) is -2.58. The van der Waals surface area contributed by atoms with Crippen LogP contribution in [-0.4, -0.2) is 27.6 Å². The van der Waals surface area contributed by atoms with E-state index in [1.807, 2.05) is 6.92 Å². The minimum Gasteiger partial charge on any atom is -0.493 e. The number of carbonyl (C=O) groups excluding carboxylic acids is 1. The van der Waals surface area contributed by atoms with Crippen LogP contribution in [-0.2, 0) is 14.9 Å². The molecule has 0 saturated heterocycles. The van der Waals surface area contributed by atoms with E-state index in [1.165, 1.54) is 38.4 Å². The Morgan fingerprint density at radius 1 is 1.12 bits per heavy atom. The molecular formula is C17H18N2O5S. The molecule has 8 heteroatoms. The molecule has 0 atom stereocenters. The molecule has 0 unspecified atom stereocenters. The number of aryl methyl sites for hydroxylation is 1. The first-order valence-corrected chi connectivity index (χ1v) is 8.71. The Hall–Kier alpha value is -2.87. The van der Waals surface area contributed by atoms with Crippen LogP contribution >= 0.6 is 0 Å². The molecule has 0 spiro atoms. The van der Waals surface area contributed by atoms with Crippen LogP contribution in [0.3, 0.4) is 0 Å². The number of nitrogens with zero attached hydrogens (tertiary/aromatic N) is 1. The van der Waals surface area contributed by atoms with Crippen LogP contribution in [0, 0.1) is 6.92 Å². The van der Waals surface area contributed by atoms with E-state index in [-0.39, 0.29) is 22.3 Å². The van der Waals surface area contributed by atoms with Crippen LogP contribution in [0.2, 0.25) is 0 Å². The molecule has 0 heterocycles. The van der Waals surface area contributed by atoms with Gasteiger partial charge in [0.1, 0.15) is 4.90 Å². The summed E-state index contributed by atoms with van der Waals surface area (Å²) in [6.45, 7) is 3.20. The molecule has 25 heavy (non-hydrogen) atoms. The smallest absolute Gasteiger partial charge is 0.339 e. The van der Waals surface area contributed by atoms with Crippen LogP contribution in [0.1, 0.15) is 18.1 Å². The van der Waals surface area contributed by atoms with Gasteiger partial charge in [0.15, 0.2) is 11.5 Å². The molecule has 0 fully saturated rings. The van der Waals surface area contributed by atoms with Crippen molar-refractivity contribution in [1.29, 1.82) is 0 Å². The first kappa shape index (κ1) is 18.5. The van der Waals surface area contributed by atoms with Crippen LogP contribution < -0.4 is 14.3 Å². The minimum atomic E-state index is -3.97. The summed E-state index contributed by atoms with van der Waals surface area (Å²) >= 11 is 0. The standard InChI is InChI=1S/C17H18N2O5S/c1-12-4-7-15(8-5-12)25(21,22)24-16-9-6-14(10-17(16)23-3)11-18-19-13(2)20/h4-11H,1-3H3,(H,19,20)/b18-11-. The molecular weight excluding hydrogens is 344 g/mol. The predicted molar refractivity (Wildman–Crippen MR) is 93.4 cm³/mol. The van der Waals surface area contributed by atoms with Gasteiger partial charge in [-0.3, -0.25) is 4.79 Å². The predicted octanol–water partition coefficient (Wildman–Crippen LogP) is 2.24. The maximum atomic E-state index is 12.4. The van der Waals surface area contributed by atoms with Gasteiger partial charge in [0, 0.05) is 6.92 Å². The fourth-order valence-corrected chi connectivity index (χ4v) is 2.84. The zero-order chi connectivity index (χ0) is 18.4. The second-order valence-corrected chi connectivity index (χ2v) is 6.73. The number of carbonyl (C=O) groups is 1. The van der Waals surface area contributed by atoms with Gasteiger partial charge in [-0.1, -0.05) is 17.7 Å². The fraction of sp³-hybridized carbons (Fsp3) is 0.176. The third kappa shape index (κ3) is 5.05. The molecule has 0 aliphatic rings. The minimum absolute atomic E-state index is 0.0523. The van der Waals surface area contributed by atoms with E-state index >= 15 is 0 Å². The molecule has 0 saturated carbocycles.